The standard InChI is InChI=1S/2C4H7O2.2C4H10O.Ti/c2*1-3-6-4(2)5;2*1-2-3-4-5;/h2*2-3H2,1H3;2*5H,2-4H2,1H3;/q2*-1;;;+2. The van der Waals surface area contributed by atoms with E-state index in [1.807, 2.05) is 0 Å². The van der Waals surface area contributed by atoms with E-state index in [9.17, 15) is 9.59 Å². The third-order valence-corrected chi connectivity index (χ3v) is 1.63. The van der Waals surface area contributed by atoms with Gasteiger partial charge >= 0.3 is 21.7 Å². The van der Waals surface area contributed by atoms with E-state index >= 15 is 0 Å². The second kappa shape index (κ2) is 37.5. The molecule has 0 saturated carbocycles. The van der Waals surface area contributed by atoms with Crippen LogP contribution in [0.5, 0.6) is 0 Å². The Balaban J connectivity index is -0.0000000620. The van der Waals surface area contributed by atoms with Crippen molar-refractivity contribution in [1.29, 1.82) is 0 Å². The summed E-state index contributed by atoms with van der Waals surface area (Å²) in [5, 5.41) is 16.1. The number of carbonyl (C=O) groups is 2. The van der Waals surface area contributed by atoms with E-state index in [0.29, 0.717) is 26.4 Å². The zero-order chi connectivity index (χ0) is 18.2. The van der Waals surface area contributed by atoms with Crippen LogP contribution in [0.3, 0.4) is 0 Å². The molecule has 0 aliphatic rings. The van der Waals surface area contributed by atoms with E-state index in [1.165, 1.54) is 0 Å². The van der Waals surface area contributed by atoms with Gasteiger partial charge in [-0.3, -0.25) is 23.4 Å². The van der Waals surface area contributed by atoms with Gasteiger partial charge in [0.05, 0.1) is 13.2 Å². The molecular weight excluding hydrogens is 336 g/mol. The number of rotatable bonds is 6. The van der Waals surface area contributed by atoms with Crippen LogP contribution in [-0.4, -0.2) is 48.6 Å². The summed E-state index contributed by atoms with van der Waals surface area (Å²) in [4.78, 5) is 19.4. The molecule has 6 nitrogen and oxygen atoms in total. The van der Waals surface area contributed by atoms with Gasteiger partial charge in [0.15, 0.2) is 11.9 Å². The fourth-order valence-electron chi connectivity index (χ4n) is 0.638. The molecule has 0 fully saturated rings. The van der Waals surface area contributed by atoms with Crippen LogP contribution in [0.4, 0.5) is 0 Å². The number of ether oxygens (including phenoxy) is 2. The molecule has 0 aromatic rings. The number of hydrogen-bond donors (Lipinski definition) is 2. The Hall–Kier alpha value is -0.686. The van der Waals surface area contributed by atoms with E-state index in [1.54, 1.807) is 13.8 Å². The fourth-order valence-corrected chi connectivity index (χ4v) is 0.638. The van der Waals surface area contributed by atoms with Crippen molar-refractivity contribution in [2.45, 2.75) is 53.4 Å². The van der Waals surface area contributed by atoms with E-state index in [2.05, 4.69) is 37.2 Å². The van der Waals surface area contributed by atoms with Gasteiger partial charge in [-0.05, 0) is 26.7 Å². The first-order valence-electron chi connectivity index (χ1n) is 7.56. The van der Waals surface area contributed by atoms with E-state index in [-0.39, 0.29) is 21.7 Å². The minimum atomic E-state index is -0.461. The monoisotopic (exact) mass is 370 g/mol. The van der Waals surface area contributed by atoms with Crippen molar-refractivity contribution in [3.05, 3.63) is 13.8 Å². The fraction of sp³-hybridized carbons (Fsp3) is 0.750. The molecule has 0 saturated heterocycles. The third kappa shape index (κ3) is 91.6. The van der Waals surface area contributed by atoms with Crippen LogP contribution in [-0.2, 0) is 40.8 Å². The third-order valence-electron chi connectivity index (χ3n) is 1.63. The van der Waals surface area contributed by atoms with Gasteiger partial charge in [0, 0.05) is 13.2 Å². The number of aliphatic hydroxyl groups excluding tert-OH is 2. The molecule has 0 radical (unpaired) electrons. The Labute approximate surface area is 156 Å². The van der Waals surface area contributed by atoms with E-state index < -0.39 is 11.9 Å². The predicted molar refractivity (Wildman–Crippen MR) is 88.0 cm³/mol. The molecule has 0 aromatic heterocycles. The molecule has 0 amide bonds. The van der Waals surface area contributed by atoms with Gasteiger partial charge in [0.2, 0.25) is 0 Å². The summed E-state index contributed by atoms with van der Waals surface area (Å²) in [7, 11) is 0. The molecule has 0 unspecified atom stereocenters. The number of unbranched alkanes of at least 4 members (excludes halogenated alkanes) is 2. The zero-order valence-electron chi connectivity index (χ0n) is 15.1. The van der Waals surface area contributed by atoms with Crippen molar-refractivity contribution in [2.75, 3.05) is 26.4 Å². The molecular formula is C16H34O6Ti. The largest absolute Gasteiger partial charge is 2.00 e. The maximum absolute atomic E-state index is 9.71. The first-order valence-corrected chi connectivity index (χ1v) is 7.56. The molecule has 0 aromatic carbocycles. The van der Waals surface area contributed by atoms with Crippen molar-refractivity contribution in [3.8, 4) is 0 Å². The summed E-state index contributed by atoms with van der Waals surface area (Å²) < 4.78 is 8.58. The van der Waals surface area contributed by atoms with Crippen LogP contribution in [0.15, 0.2) is 0 Å². The zero-order valence-corrected chi connectivity index (χ0v) is 16.7. The second-order valence-corrected chi connectivity index (χ2v) is 3.76. The van der Waals surface area contributed by atoms with Gasteiger partial charge in [-0.2, -0.15) is 0 Å². The number of hydrogen-bond acceptors (Lipinski definition) is 6. The minimum absolute atomic E-state index is 0. The van der Waals surface area contributed by atoms with Gasteiger partial charge in [-0.1, -0.05) is 26.7 Å². The summed E-state index contributed by atoms with van der Waals surface area (Å²) in [6, 6.07) is 0. The molecule has 0 aliphatic heterocycles. The maximum Gasteiger partial charge on any atom is 2.00 e. The van der Waals surface area contributed by atoms with Crippen molar-refractivity contribution in [1.82, 2.24) is 0 Å². The van der Waals surface area contributed by atoms with Gasteiger partial charge in [0.25, 0.3) is 0 Å². The first kappa shape index (κ1) is 33.8. The van der Waals surface area contributed by atoms with E-state index in [0.717, 1.165) is 25.7 Å². The summed E-state index contributed by atoms with van der Waals surface area (Å²) >= 11 is 0. The van der Waals surface area contributed by atoms with Crippen molar-refractivity contribution < 1.29 is 51.0 Å². The van der Waals surface area contributed by atoms with Crippen molar-refractivity contribution >= 4 is 11.9 Å². The second-order valence-electron chi connectivity index (χ2n) is 3.76. The quantitative estimate of drug-likeness (QED) is 0.423. The van der Waals surface area contributed by atoms with Gasteiger partial charge in [-0.25, -0.2) is 0 Å². The molecule has 0 rings (SSSR count). The molecule has 0 aliphatic carbocycles. The molecule has 0 bridgehead atoms. The van der Waals surface area contributed by atoms with Crippen molar-refractivity contribution in [2.24, 2.45) is 0 Å². The van der Waals surface area contributed by atoms with Crippen LogP contribution in [0.1, 0.15) is 53.4 Å². The summed E-state index contributed by atoms with van der Waals surface area (Å²) in [6.07, 6.45) is 4.08. The number of carbonyl (C=O) groups excluding carboxylic acids is 2. The van der Waals surface area contributed by atoms with Crippen LogP contribution < -0.4 is 0 Å². The average molecular weight is 370 g/mol. The van der Waals surface area contributed by atoms with Gasteiger partial charge in [-0.15, -0.1) is 0 Å². The molecule has 0 heterocycles. The Bertz CT molecular complexity index is 187. The minimum Gasteiger partial charge on any atom is -0.489 e. The summed E-state index contributed by atoms with van der Waals surface area (Å²) in [5.41, 5.74) is 0. The summed E-state index contributed by atoms with van der Waals surface area (Å²) in [6.45, 7) is 15.0. The molecule has 138 valence electrons. The first-order chi connectivity index (χ1) is 10.4. The Kier molecular flexibility index (Phi) is 55.1. The van der Waals surface area contributed by atoms with Gasteiger partial charge < -0.3 is 19.7 Å². The van der Waals surface area contributed by atoms with Gasteiger partial charge in [0.1, 0.15) is 0 Å². The number of esters is 2. The maximum atomic E-state index is 9.71. The smallest absolute Gasteiger partial charge is 0.489 e. The normalized spacial score (nSPS) is 7.57. The van der Waals surface area contributed by atoms with Crippen molar-refractivity contribution in [3.63, 3.8) is 0 Å². The SMILES string of the molecule is CCCCO.CCCCO.[CH2-]C(=O)OCC.[CH2-]C(=O)OCC.[Ti+2]. The van der Waals surface area contributed by atoms with E-state index in [4.69, 9.17) is 10.2 Å². The topological polar surface area (TPSA) is 93.1 Å². The number of aliphatic hydroxyl groups is 2. The molecule has 7 heteroatoms. The molecule has 0 spiro atoms. The Morgan fingerprint density at radius 2 is 1.04 bits per heavy atom. The van der Waals surface area contributed by atoms with Crippen LogP contribution in [0, 0.1) is 13.8 Å². The Morgan fingerprint density at radius 3 is 1.04 bits per heavy atom. The predicted octanol–water partition coefficient (Wildman–Crippen LogP) is 2.32. The van der Waals surface area contributed by atoms with Crippen LogP contribution in [0.2, 0.25) is 0 Å². The summed E-state index contributed by atoms with van der Waals surface area (Å²) in [5.74, 6) is -0.921. The molecule has 0 atom stereocenters. The molecule has 23 heavy (non-hydrogen) atoms. The average Bonchev–Trinajstić information content (AvgIpc) is 2.42. The Morgan fingerprint density at radius 1 is 0.783 bits per heavy atom. The molecule has 2 N–H and O–H groups in total. The van der Waals surface area contributed by atoms with Crippen LogP contribution in [0.25, 0.3) is 0 Å². The van der Waals surface area contributed by atoms with Crippen LogP contribution >= 0.6 is 0 Å².